The molecule has 1 unspecified atom stereocenters. The quantitative estimate of drug-likeness (QED) is 0.555. The fraction of sp³-hybridized carbons (Fsp3) is 0.750. The van der Waals surface area contributed by atoms with Crippen molar-refractivity contribution in [3.8, 4) is 0 Å². The number of hydrogen-bond acceptors (Lipinski definition) is 1. The number of hydrogen-bond donors (Lipinski definition) is 1. The van der Waals surface area contributed by atoms with Crippen molar-refractivity contribution < 1.29 is 27.1 Å². The zero-order valence-electron chi connectivity index (χ0n) is 7.11. The summed E-state index contributed by atoms with van der Waals surface area (Å²) >= 11 is 0. The van der Waals surface area contributed by atoms with Crippen molar-refractivity contribution in [2.24, 2.45) is 0 Å². The van der Waals surface area contributed by atoms with Gasteiger partial charge in [0.1, 0.15) is 6.10 Å². The topological polar surface area (TPSA) is 20.2 Å². The van der Waals surface area contributed by atoms with E-state index in [2.05, 4.69) is 0 Å². The van der Waals surface area contributed by atoms with Gasteiger partial charge in [-0.2, -0.15) is 22.0 Å². The first-order valence-electron chi connectivity index (χ1n) is 4.08. The molecular formula is C8H9F5O. The highest BCUT2D eigenvalue weighted by atomic mass is 19.4. The molecule has 0 spiro atoms. The Morgan fingerprint density at radius 2 is 1.79 bits per heavy atom. The lowest BCUT2D eigenvalue weighted by Gasteiger charge is -2.25. The van der Waals surface area contributed by atoms with E-state index in [0.717, 1.165) is 0 Å². The molecule has 6 heteroatoms. The average Bonchev–Trinajstić information content (AvgIpc) is 2.52. The monoisotopic (exact) mass is 216 g/mol. The molecule has 14 heavy (non-hydrogen) atoms. The number of aliphatic hydroxyl groups is 1. The molecule has 0 saturated carbocycles. The van der Waals surface area contributed by atoms with Crippen LogP contribution >= 0.6 is 0 Å². The fourth-order valence-electron chi connectivity index (χ4n) is 1.33. The third-order valence-electron chi connectivity index (χ3n) is 2.15. The van der Waals surface area contributed by atoms with Crippen molar-refractivity contribution in [1.82, 2.24) is 0 Å². The van der Waals surface area contributed by atoms with Crippen molar-refractivity contribution >= 4 is 0 Å². The molecule has 0 aromatic rings. The Kier molecular flexibility index (Phi) is 2.85. The summed E-state index contributed by atoms with van der Waals surface area (Å²) in [7, 11) is 0. The average molecular weight is 216 g/mol. The van der Waals surface area contributed by atoms with Crippen LogP contribution in [0.3, 0.4) is 0 Å². The number of allylic oxidation sites excluding steroid dienone is 1. The van der Waals surface area contributed by atoms with Crippen LogP contribution in [0.2, 0.25) is 0 Å². The van der Waals surface area contributed by atoms with Crippen molar-refractivity contribution in [2.75, 3.05) is 0 Å². The fourth-order valence-corrected chi connectivity index (χ4v) is 1.33. The molecule has 1 aliphatic rings. The molecule has 82 valence electrons. The van der Waals surface area contributed by atoms with Gasteiger partial charge in [0.05, 0.1) is 0 Å². The Morgan fingerprint density at radius 3 is 2.14 bits per heavy atom. The van der Waals surface area contributed by atoms with E-state index in [1.807, 2.05) is 0 Å². The summed E-state index contributed by atoms with van der Waals surface area (Å²) in [6.45, 7) is 0. The van der Waals surface area contributed by atoms with Crippen molar-refractivity contribution in [3.05, 3.63) is 11.6 Å². The molecule has 0 bridgehead atoms. The minimum atomic E-state index is -5.70. The minimum Gasteiger partial charge on any atom is -0.382 e. The molecule has 0 aromatic heterocycles. The van der Waals surface area contributed by atoms with Crippen LogP contribution in [-0.4, -0.2) is 23.3 Å². The van der Waals surface area contributed by atoms with Gasteiger partial charge in [-0.25, -0.2) is 0 Å². The second kappa shape index (κ2) is 3.49. The number of aliphatic hydroxyl groups excluding tert-OH is 1. The van der Waals surface area contributed by atoms with Gasteiger partial charge in [-0.3, -0.25) is 0 Å². The lowest BCUT2D eigenvalue weighted by molar-refractivity contribution is -0.307. The third-order valence-corrected chi connectivity index (χ3v) is 2.15. The predicted octanol–water partition coefficient (Wildman–Crippen LogP) is 2.66. The number of halogens is 5. The summed E-state index contributed by atoms with van der Waals surface area (Å²) in [5, 5.41) is 8.87. The zero-order valence-corrected chi connectivity index (χ0v) is 7.11. The predicted molar refractivity (Wildman–Crippen MR) is 38.9 cm³/mol. The first kappa shape index (κ1) is 11.4. The maximum absolute atomic E-state index is 12.6. The molecule has 0 aromatic carbocycles. The molecule has 0 saturated heterocycles. The van der Waals surface area contributed by atoms with Crippen molar-refractivity contribution in [3.63, 3.8) is 0 Å². The molecule has 0 aliphatic heterocycles. The maximum Gasteiger partial charge on any atom is 0.456 e. The molecule has 0 radical (unpaired) electrons. The van der Waals surface area contributed by atoms with Gasteiger partial charge in [0, 0.05) is 0 Å². The molecule has 0 heterocycles. The van der Waals surface area contributed by atoms with Gasteiger partial charge in [0.25, 0.3) is 0 Å². The molecule has 1 aliphatic carbocycles. The van der Waals surface area contributed by atoms with E-state index in [4.69, 9.17) is 5.11 Å². The van der Waals surface area contributed by atoms with E-state index < -0.39 is 18.2 Å². The highest BCUT2D eigenvalue weighted by molar-refractivity contribution is 5.17. The zero-order chi connectivity index (χ0) is 11.0. The molecular weight excluding hydrogens is 207 g/mol. The molecule has 1 atom stereocenters. The van der Waals surface area contributed by atoms with Crippen LogP contribution in [0.4, 0.5) is 22.0 Å². The Morgan fingerprint density at radius 1 is 1.21 bits per heavy atom. The molecule has 1 rings (SSSR count). The SMILES string of the molecule is OC(C1=CCCC1)C(F)(F)C(F)(F)F. The summed E-state index contributed by atoms with van der Waals surface area (Å²) < 4.78 is 60.5. The lowest BCUT2D eigenvalue weighted by Crippen LogP contribution is -2.47. The van der Waals surface area contributed by atoms with E-state index in [9.17, 15) is 22.0 Å². The van der Waals surface area contributed by atoms with Gasteiger partial charge in [-0.05, 0) is 24.8 Å². The standard InChI is InChI=1S/C8H9F5O/c9-7(10,8(11,12)13)6(14)5-3-1-2-4-5/h3,6,14H,1-2,4H2. The van der Waals surface area contributed by atoms with Crippen LogP contribution < -0.4 is 0 Å². The van der Waals surface area contributed by atoms with E-state index >= 15 is 0 Å². The highest BCUT2D eigenvalue weighted by Crippen LogP contribution is 2.42. The van der Waals surface area contributed by atoms with Gasteiger partial charge >= 0.3 is 12.1 Å². The van der Waals surface area contributed by atoms with E-state index in [1.54, 1.807) is 0 Å². The maximum atomic E-state index is 12.6. The van der Waals surface area contributed by atoms with Crippen LogP contribution in [0, 0.1) is 0 Å². The van der Waals surface area contributed by atoms with Crippen LogP contribution in [0.15, 0.2) is 11.6 Å². The van der Waals surface area contributed by atoms with E-state index in [-0.39, 0.29) is 12.0 Å². The Bertz CT molecular complexity index is 243. The van der Waals surface area contributed by atoms with Crippen molar-refractivity contribution in [1.29, 1.82) is 0 Å². The van der Waals surface area contributed by atoms with Gasteiger partial charge in [-0.1, -0.05) is 6.08 Å². The van der Waals surface area contributed by atoms with Gasteiger partial charge in [0.2, 0.25) is 0 Å². The summed E-state index contributed by atoms with van der Waals surface area (Å²) in [6.07, 6.45) is -6.13. The third kappa shape index (κ3) is 1.89. The molecule has 1 N–H and O–H groups in total. The van der Waals surface area contributed by atoms with Gasteiger partial charge < -0.3 is 5.11 Å². The molecule has 0 amide bonds. The minimum absolute atomic E-state index is 0.104. The van der Waals surface area contributed by atoms with Gasteiger partial charge in [-0.15, -0.1) is 0 Å². The van der Waals surface area contributed by atoms with Crippen LogP contribution in [0.25, 0.3) is 0 Å². The smallest absolute Gasteiger partial charge is 0.382 e. The second-order valence-electron chi connectivity index (χ2n) is 3.19. The normalized spacial score (nSPS) is 20.9. The molecule has 1 nitrogen and oxygen atoms in total. The number of alkyl halides is 5. The largest absolute Gasteiger partial charge is 0.456 e. The first-order valence-corrected chi connectivity index (χ1v) is 4.08. The number of rotatable bonds is 2. The Hall–Kier alpha value is -0.650. The first-order chi connectivity index (χ1) is 6.27. The molecule has 0 fully saturated rings. The second-order valence-corrected chi connectivity index (χ2v) is 3.19. The Balaban J connectivity index is 2.81. The highest BCUT2D eigenvalue weighted by Gasteiger charge is 2.62. The van der Waals surface area contributed by atoms with Crippen LogP contribution in [0.1, 0.15) is 19.3 Å². The summed E-state index contributed by atoms with van der Waals surface area (Å²) in [4.78, 5) is 0. The summed E-state index contributed by atoms with van der Waals surface area (Å²) in [5.41, 5.74) is -0.215. The van der Waals surface area contributed by atoms with E-state index in [1.165, 1.54) is 6.08 Å². The van der Waals surface area contributed by atoms with Gasteiger partial charge in [0.15, 0.2) is 0 Å². The summed E-state index contributed by atoms with van der Waals surface area (Å²) in [6, 6.07) is 0. The van der Waals surface area contributed by atoms with Crippen LogP contribution in [-0.2, 0) is 0 Å². The summed E-state index contributed by atoms with van der Waals surface area (Å²) in [5.74, 6) is -5.05. The van der Waals surface area contributed by atoms with Crippen LogP contribution in [0.5, 0.6) is 0 Å². The van der Waals surface area contributed by atoms with E-state index in [0.29, 0.717) is 12.8 Å². The van der Waals surface area contributed by atoms with Crippen molar-refractivity contribution in [2.45, 2.75) is 37.5 Å². The lowest BCUT2D eigenvalue weighted by atomic mass is 10.0. The Labute approximate surface area is 77.2 Å².